The number of nitrogens with zero attached hydrogens (tertiary/aromatic N) is 3. The zero-order valence-corrected chi connectivity index (χ0v) is 13.7. The first-order valence-corrected chi connectivity index (χ1v) is 9.00. The molecule has 0 aliphatic heterocycles. The van der Waals surface area contributed by atoms with Gasteiger partial charge in [-0.3, -0.25) is 15.1 Å². The molecule has 2 heterocycles. The van der Waals surface area contributed by atoms with Crippen molar-refractivity contribution in [2.75, 3.05) is 6.26 Å². The van der Waals surface area contributed by atoms with Gasteiger partial charge in [0.1, 0.15) is 9.71 Å². The summed E-state index contributed by atoms with van der Waals surface area (Å²) in [5.74, 6) is -1.40. The van der Waals surface area contributed by atoms with Crippen LogP contribution in [0.1, 0.15) is 0 Å². The number of rotatable bonds is 4. The SMILES string of the molecule is CS(=O)(=O)Oc1c(O)cc2nc(-c3ccncc3)sc2c1[N+](=O)[O-]. The highest BCUT2D eigenvalue weighted by Crippen LogP contribution is 2.46. The highest BCUT2D eigenvalue weighted by molar-refractivity contribution is 7.86. The van der Waals surface area contributed by atoms with Crippen LogP contribution in [0, 0.1) is 10.1 Å². The molecule has 0 fully saturated rings. The van der Waals surface area contributed by atoms with E-state index < -0.39 is 32.2 Å². The number of aromatic hydroxyl groups is 1. The monoisotopic (exact) mass is 367 g/mol. The maximum Gasteiger partial charge on any atom is 0.335 e. The molecule has 0 aliphatic carbocycles. The number of pyridine rings is 1. The van der Waals surface area contributed by atoms with Gasteiger partial charge in [-0.05, 0) is 12.1 Å². The van der Waals surface area contributed by atoms with E-state index in [2.05, 4.69) is 14.2 Å². The van der Waals surface area contributed by atoms with Gasteiger partial charge in [-0.15, -0.1) is 11.3 Å². The normalized spacial score (nSPS) is 11.5. The number of nitro benzene ring substituents is 1. The summed E-state index contributed by atoms with van der Waals surface area (Å²) >= 11 is 0.988. The zero-order valence-electron chi connectivity index (χ0n) is 12.0. The van der Waals surface area contributed by atoms with Crippen molar-refractivity contribution in [2.45, 2.75) is 0 Å². The highest BCUT2D eigenvalue weighted by atomic mass is 32.2. The lowest BCUT2D eigenvalue weighted by atomic mass is 10.2. The average molecular weight is 367 g/mol. The van der Waals surface area contributed by atoms with Crippen LogP contribution in [-0.4, -0.2) is 34.7 Å². The number of hydrogen-bond acceptors (Lipinski definition) is 9. The third kappa shape index (κ3) is 2.98. The summed E-state index contributed by atoms with van der Waals surface area (Å²) in [5.41, 5.74) is 0.204. The number of fused-ring (bicyclic) bond motifs is 1. The summed E-state index contributed by atoms with van der Waals surface area (Å²) < 4.78 is 27.3. The maximum atomic E-state index is 11.4. The van der Waals surface area contributed by atoms with Crippen LogP contribution >= 0.6 is 11.3 Å². The van der Waals surface area contributed by atoms with E-state index in [9.17, 15) is 23.6 Å². The number of aromatic nitrogens is 2. The first-order chi connectivity index (χ1) is 11.3. The summed E-state index contributed by atoms with van der Waals surface area (Å²) in [4.78, 5) is 18.7. The summed E-state index contributed by atoms with van der Waals surface area (Å²) in [6.45, 7) is 0. The van der Waals surface area contributed by atoms with E-state index in [1.165, 1.54) is 0 Å². The van der Waals surface area contributed by atoms with Crippen molar-refractivity contribution in [2.24, 2.45) is 0 Å². The van der Waals surface area contributed by atoms with Gasteiger partial charge in [0, 0.05) is 24.0 Å². The van der Waals surface area contributed by atoms with Gasteiger partial charge in [0.05, 0.1) is 16.7 Å². The van der Waals surface area contributed by atoms with Crippen LogP contribution in [0.25, 0.3) is 20.8 Å². The third-order valence-electron chi connectivity index (χ3n) is 2.93. The Balaban J connectivity index is 2.30. The fourth-order valence-corrected chi connectivity index (χ4v) is 3.57. The lowest BCUT2D eigenvalue weighted by molar-refractivity contribution is -0.383. The second kappa shape index (κ2) is 5.69. The molecule has 0 radical (unpaired) electrons. The van der Waals surface area contributed by atoms with Crippen LogP contribution in [0.4, 0.5) is 5.69 Å². The minimum Gasteiger partial charge on any atom is -0.504 e. The summed E-state index contributed by atoms with van der Waals surface area (Å²) in [6.07, 6.45) is 3.83. The van der Waals surface area contributed by atoms with Gasteiger partial charge in [0.2, 0.25) is 0 Å². The van der Waals surface area contributed by atoms with Crippen molar-refractivity contribution in [3.63, 3.8) is 0 Å². The molecule has 24 heavy (non-hydrogen) atoms. The van der Waals surface area contributed by atoms with Crippen molar-refractivity contribution in [3.05, 3.63) is 40.7 Å². The van der Waals surface area contributed by atoms with E-state index >= 15 is 0 Å². The first kappa shape index (κ1) is 16.1. The van der Waals surface area contributed by atoms with Crippen LogP contribution < -0.4 is 4.18 Å². The van der Waals surface area contributed by atoms with Crippen LogP contribution in [0.15, 0.2) is 30.6 Å². The summed E-state index contributed by atoms with van der Waals surface area (Å²) in [5, 5.41) is 21.8. The highest BCUT2D eigenvalue weighted by Gasteiger charge is 2.29. The standard InChI is InChI=1S/C13H9N3O6S2/c1-24(20,21)22-11-9(17)6-8-12(10(11)16(18)19)23-13(15-8)7-2-4-14-5-3-7/h2-6,17H,1H3. The minimum absolute atomic E-state index is 0.100. The van der Waals surface area contributed by atoms with Crippen LogP contribution in [0.2, 0.25) is 0 Å². The Kier molecular flexibility index (Phi) is 3.81. The van der Waals surface area contributed by atoms with Crippen molar-refractivity contribution in [1.29, 1.82) is 0 Å². The molecule has 0 atom stereocenters. The number of nitro groups is 1. The van der Waals surface area contributed by atoms with Crippen LogP contribution in [0.3, 0.4) is 0 Å². The Morgan fingerprint density at radius 1 is 1.33 bits per heavy atom. The minimum atomic E-state index is -4.06. The summed E-state index contributed by atoms with van der Waals surface area (Å²) in [7, 11) is -4.06. The molecular weight excluding hydrogens is 358 g/mol. The van der Waals surface area contributed by atoms with Gasteiger partial charge >= 0.3 is 15.8 Å². The van der Waals surface area contributed by atoms with Crippen molar-refractivity contribution in [1.82, 2.24) is 9.97 Å². The van der Waals surface area contributed by atoms with Gasteiger partial charge in [0.15, 0.2) is 5.75 Å². The first-order valence-electron chi connectivity index (χ1n) is 6.37. The average Bonchev–Trinajstić information content (AvgIpc) is 2.90. The predicted molar refractivity (Wildman–Crippen MR) is 86.6 cm³/mol. The van der Waals surface area contributed by atoms with Gasteiger partial charge in [-0.25, -0.2) is 4.98 Å². The second-order valence-electron chi connectivity index (χ2n) is 4.72. The molecule has 0 bridgehead atoms. The van der Waals surface area contributed by atoms with Crippen LogP contribution in [-0.2, 0) is 10.1 Å². The van der Waals surface area contributed by atoms with Gasteiger partial charge in [0.25, 0.3) is 5.75 Å². The van der Waals surface area contributed by atoms with E-state index in [1.54, 1.807) is 24.5 Å². The predicted octanol–water partition coefficient (Wildman–Crippen LogP) is 2.31. The van der Waals surface area contributed by atoms with Gasteiger partial charge in [-0.1, -0.05) is 0 Å². The van der Waals surface area contributed by atoms with Crippen molar-refractivity contribution >= 4 is 37.4 Å². The fraction of sp³-hybridized carbons (Fsp3) is 0.0769. The molecule has 1 N–H and O–H groups in total. The molecular formula is C13H9N3O6S2. The molecule has 0 amide bonds. The molecule has 9 nitrogen and oxygen atoms in total. The molecule has 0 saturated heterocycles. The summed E-state index contributed by atoms with van der Waals surface area (Å²) in [6, 6.07) is 4.48. The molecule has 1 aromatic carbocycles. The Labute approximate surface area is 139 Å². The quantitative estimate of drug-likeness (QED) is 0.422. The van der Waals surface area contributed by atoms with E-state index in [0.29, 0.717) is 10.6 Å². The van der Waals surface area contributed by atoms with Crippen molar-refractivity contribution < 1.29 is 22.6 Å². The van der Waals surface area contributed by atoms with Gasteiger partial charge in [-0.2, -0.15) is 8.42 Å². The number of benzene rings is 1. The smallest absolute Gasteiger partial charge is 0.335 e. The Morgan fingerprint density at radius 3 is 2.58 bits per heavy atom. The van der Waals surface area contributed by atoms with Gasteiger partial charge < -0.3 is 9.29 Å². The second-order valence-corrected chi connectivity index (χ2v) is 7.30. The molecule has 0 aliphatic rings. The molecule has 3 aromatic rings. The molecule has 0 unspecified atom stereocenters. The van der Waals surface area contributed by atoms with E-state index in [4.69, 9.17) is 0 Å². The maximum absolute atomic E-state index is 11.4. The Hall–Kier alpha value is -2.79. The van der Waals surface area contributed by atoms with E-state index in [0.717, 1.165) is 23.7 Å². The number of hydrogen-bond donors (Lipinski definition) is 1. The molecule has 124 valence electrons. The Bertz CT molecular complexity index is 1050. The lowest BCUT2D eigenvalue weighted by Crippen LogP contribution is -2.07. The van der Waals surface area contributed by atoms with Crippen molar-refractivity contribution in [3.8, 4) is 22.1 Å². The topological polar surface area (TPSA) is 133 Å². The largest absolute Gasteiger partial charge is 0.504 e. The van der Waals surface area contributed by atoms with E-state index in [1.807, 2.05) is 0 Å². The third-order valence-corrected chi connectivity index (χ3v) is 4.53. The Morgan fingerprint density at radius 2 is 2.00 bits per heavy atom. The lowest BCUT2D eigenvalue weighted by Gasteiger charge is -2.06. The molecule has 0 saturated carbocycles. The van der Waals surface area contributed by atoms with E-state index in [-0.39, 0.29) is 10.2 Å². The number of phenols is 1. The van der Waals surface area contributed by atoms with Crippen LogP contribution in [0.5, 0.6) is 11.5 Å². The molecule has 11 heteroatoms. The number of phenolic OH excluding ortho intramolecular Hbond substituents is 1. The fourth-order valence-electron chi connectivity index (χ4n) is 2.04. The zero-order chi connectivity index (χ0) is 17.5. The molecule has 0 spiro atoms. The molecule has 2 aromatic heterocycles. The molecule has 3 rings (SSSR count). The number of thiazole rings is 1.